The largest absolute Gasteiger partial charge is 0.497 e. The zero-order valence-electron chi connectivity index (χ0n) is 29.3. The number of unbranched alkanes of at least 4 members (excludes halogenated alkanes) is 8. The van der Waals surface area contributed by atoms with Crippen LogP contribution in [-0.2, 0) is 22.6 Å². The second-order valence-electron chi connectivity index (χ2n) is 12.6. The van der Waals surface area contributed by atoms with Crippen molar-refractivity contribution < 1.29 is 39.1 Å². The molecule has 11 heteroatoms. The molecular weight excluding hydrogens is 739 g/mol. The van der Waals surface area contributed by atoms with Gasteiger partial charge in [0.25, 0.3) is 0 Å². The number of hydrogen-bond donors (Lipinski definition) is 4. The Labute approximate surface area is 305 Å². The molecule has 0 saturated carbocycles. The first kappa shape index (κ1) is 40.6. The number of rotatable bonds is 22. The fourth-order valence-electron chi connectivity index (χ4n) is 6.18. The molecule has 0 radical (unpaired) electrons. The molecule has 49 heavy (non-hydrogen) atoms. The Hall–Kier alpha value is -2.87. The predicted molar refractivity (Wildman–Crippen MR) is 199 cm³/mol. The van der Waals surface area contributed by atoms with Gasteiger partial charge in [-0.05, 0) is 76.9 Å². The quantitative estimate of drug-likeness (QED) is 0.0880. The van der Waals surface area contributed by atoms with Gasteiger partial charge in [-0.2, -0.15) is 0 Å². The molecule has 0 bridgehead atoms. The lowest BCUT2D eigenvalue weighted by atomic mass is 9.87. The summed E-state index contributed by atoms with van der Waals surface area (Å²) in [6, 6.07) is 10.4. The van der Waals surface area contributed by atoms with Crippen LogP contribution in [0.25, 0.3) is 0 Å². The Kier molecular flexibility index (Phi) is 18.3. The Morgan fingerprint density at radius 2 is 1.67 bits per heavy atom. The average Bonchev–Trinajstić information content (AvgIpc) is 3.11. The smallest absolute Gasteiger partial charge is 0.247 e. The highest BCUT2D eigenvalue weighted by Gasteiger charge is 2.40. The number of carbonyl (C=O) groups is 2. The van der Waals surface area contributed by atoms with Crippen LogP contribution >= 0.6 is 22.6 Å². The fourth-order valence-corrected chi connectivity index (χ4v) is 6.97. The van der Waals surface area contributed by atoms with Crippen molar-refractivity contribution in [1.29, 1.82) is 0 Å². The van der Waals surface area contributed by atoms with Crippen LogP contribution in [0.4, 0.5) is 0 Å². The van der Waals surface area contributed by atoms with E-state index in [2.05, 4.69) is 34.8 Å². The number of methoxy groups -OCH3 is 2. The van der Waals surface area contributed by atoms with Gasteiger partial charge in [0.05, 0.1) is 37.0 Å². The van der Waals surface area contributed by atoms with Gasteiger partial charge >= 0.3 is 0 Å². The van der Waals surface area contributed by atoms with Crippen LogP contribution in [0.2, 0.25) is 0 Å². The van der Waals surface area contributed by atoms with Gasteiger partial charge in [-0.15, -0.1) is 0 Å². The number of aliphatic hydroxyl groups excluding tert-OH is 3. The van der Waals surface area contributed by atoms with Gasteiger partial charge in [0.1, 0.15) is 18.0 Å². The molecule has 0 fully saturated rings. The molecule has 2 amide bonds. The van der Waals surface area contributed by atoms with Gasteiger partial charge in [0.15, 0.2) is 11.5 Å². The van der Waals surface area contributed by atoms with Crippen LogP contribution in [0.1, 0.15) is 88.7 Å². The van der Waals surface area contributed by atoms with Gasteiger partial charge in [0, 0.05) is 31.5 Å². The third kappa shape index (κ3) is 12.8. The number of halogens is 1. The van der Waals surface area contributed by atoms with Crippen LogP contribution in [0, 0.1) is 3.57 Å². The highest BCUT2D eigenvalue weighted by atomic mass is 127. The molecule has 10 nitrogen and oxygen atoms in total. The summed E-state index contributed by atoms with van der Waals surface area (Å²) in [5, 5.41) is 33.7. The van der Waals surface area contributed by atoms with E-state index in [0.29, 0.717) is 45.6 Å². The highest BCUT2D eigenvalue weighted by Crippen LogP contribution is 2.37. The summed E-state index contributed by atoms with van der Waals surface area (Å²) in [6.45, 7) is 2.21. The molecule has 272 valence electrons. The topological polar surface area (TPSA) is 138 Å². The van der Waals surface area contributed by atoms with Gasteiger partial charge in [-0.25, -0.2) is 0 Å². The third-order valence-electron chi connectivity index (χ3n) is 8.93. The molecule has 1 aliphatic carbocycles. The lowest BCUT2D eigenvalue weighted by Gasteiger charge is -2.41. The summed E-state index contributed by atoms with van der Waals surface area (Å²) in [7, 11) is 3.11. The number of aliphatic hydroxyl groups is 3. The van der Waals surface area contributed by atoms with Gasteiger partial charge in [-0.1, -0.05) is 70.4 Å². The molecule has 3 rings (SSSR count). The van der Waals surface area contributed by atoms with E-state index in [9.17, 15) is 24.9 Å². The number of benzene rings is 2. The Morgan fingerprint density at radius 3 is 2.33 bits per heavy atom. The number of ether oxygens (including phenoxy) is 3. The van der Waals surface area contributed by atoms with E-state index in [1.165, 1.54) is 39.2 Å². The van der Waals surface area contributed by atoms with E-state index in [0.717, 1.165) is 37.0 Å². The second-order valence-corrected chi connectivity index (χ2v) is 13.7. The maximum absolute atomic E-state index is 14.0. The van der Waals surface area contributed by atoms with Crippen molar-refractivity contribution in [2.45, 2.75) is 109 Å². The fraction of sp³-hybridized carbons (Fsp3) is 0.579. The zero-order chi connectivity index (χ0) is 35.6. The summed E-state index contributed by atoms with van der Waals surface area (Å²) < 4.78 is 18.0. The number of amides is 2. The molecule has 0 unspecified atom stereocenters. The standard InChI is InChI=1S/C38H55IN2O8/c1-4-5-6-7-8-9-10-11-12-16-35(44)41(19-17-27-14-13-15-30(21-27)47-2)32-24-29(38(46)40-18-20-42)25-33(36(32)45)49-37-31(39)22-28(26-43)23-34(37)48-3/h13-15,21-23,25,32-33,36,42-43,45H,4-12,16-20,24,26H2,1-3H3,(H,40,46)/t32-,33+,36+/m1/s1. The van der Waals surface area contributed by atoms with Crippen LogP contribution < -0.4 is 19.5 Å². The molecule has 0 aromatic heterocycles. The molecule has 2 aromatic rings. The number of nitrogens with zero attached hydrogens (tertiary/aromatic N) is 1. The maximum atomic E-state index is 14.0. The first-order chi connectivity index (χ1) is 23.8. The maximum Gasteiger partial charge on any atom is 0.247 e. The lowest BCUT2D eigenvalue weighted by Crippen LogP contribution is -2.55. The normalized spacial score (nSPS) is 17.3. The SMILES string of the molecule is CCCCCCCCCCCC(=O)N(CCc1cccc(OC)c1)[C@@H]1CC(C(=O)NCCO)=C[C@H](Oc2c(I)cc(CO)cc2OC)[C@H]1O. The summed E-state index contributed by atoms with van der Waals surface area (Å²) >= 11 is 2.09. The van der Waals surface area contributed by atoms with Crippen molar-refractivity contribution in [3.8, 4) is 17.2 Å². The van der Waals surface area contributed by atoms with Crippen molar-refractivity contribution in [3.05, 3.63) is 62.7 Å². The van der Waals surface area contributed by atoms with Crippen LogP contribution in [0.5, 0.6) is 17.2 Å². The minimum absolute atomic E-state index is 0.0698. The molecule has 0 saturated heterocycles. The second kappa shape index (κ2) is 22.1. The van der Waals surface area contributed by atoms with Crippen molar-refractivity contribution >= 4 is 34.4 Å². The summed E-state index contributed by atoms with van der Waals surface area (Å²) in [5.74, 6) is 0.987. The first-order valence-electron chi connectivity index (χ1n) is 17.6. The Bertz CT molecular complexity index is 1350. The van der Waals surface area contributed by atoms with Crippen LogP contribution in [0.3, 0.4) is 0 Å². The summed E-state index contributed by atoms with van der Waals surface area (Å²) in [6.07, 6.45) is 10.6. The molecule has 2 aromatic carbocycles. The Morgan fingerprint density at radius 1 is 0.959 bits per heavy atom. The molecule has 4 N–H and O–H groups in total. The van der Waals surface area contributed by atoms with E-state index < -0.39 is 24.2 Å². The molecule has 1 aliphatic rings. The van der Waals surface area contributed by atoms with E-state index >= 15 is 0 Å². The van der Waals surface area contributed by atoms with Crippen molar-refractivity contribution in [2.24, 2.45) is 0 Å². The van der Waals surface area contributed by atoms with Crippen LogP contribution in [-0.4, -0.2) is 84.2 Å². The summed E-state index contributed by atoms with van der Waals surface area (Å²) in [4.78, 5) is 29.0. The monoisotopic (exact) mass is 794 g/mol. The lowest BCUT2D eigenvalue weighted by molar-refractivity contribution is -0.138. The first-order valence-corrected chi connectivity index (χ1v) is 18.7. The minimum Gasteiger partial charge on any atom is -0.497 e. The average molecular weight is 795 g/mol. The third-order valence-corrected chi connectivity index (χ3v) is 9.73. The Balaban J connectivity index is 1.87. The molecule has 0 spiro atoms. The van der Waals surface area contributed by atoms with Gasteiger partial charge in [0.2, 0.25) is 11.8 Å². The molecular formula is C38H55IN2O8. The van der Waals surface area contributed by atoms with Crippen LogP contribution in [0.15, 0.2) is 48.0 Å². The van der Waals surface area contributed by atoms with Crippen molar-refractivity contribution in [1.82, 2.24) is 10.2 Å². The van der Waals surface area contributed by atoms with E-state index in [-0.39, 0.29) is 32.1 Å². The van der Waals surface area contributed by atoms with Gasteiger partial charge in [-0.3, -0.25) is 9.59 Å². The number of nitrogens with one attached hydrogen (secondary N) is 1. The summed E-state index contributed by atoms with van der Waals surface area (Å²) in [5.41, 5.74) is 1.98. The molecule has 3 atom stereocenters. The number of hydrogen-bond acceptors (Lipinski definition) is 8. The van der Waals surface area contributed by atoms with E-state index in [4.69, 9.17) is 14.2 Å². The zero-order valence-corrected chi connectivity index (χ0v) is 31.5. The van der Waals surface area contributed by atoms with Crippen molar-refractivity contribution in [2.75, 3.05) is 33.9 Å². The van der Waals surface area contributed by atoms with Crippen molar-refractivity contribution in [3.63, 3.8) is 0 Å². The van der Waals surface area contributed by atoms with Gasteiger partial charge < -0.3 is 39.7 Å². The predicted octanol–water partition coefficient (Wildman–Crippen LogP) is 5.71. The highest BCUT2D eigenvalue weighted by molar-refractivity contribution is 14.1. The molecule has 0 aliphatic heterocycles. The minimum atomic E-state index is -1.16. The molecule has 0 heterocycles. The van der Waals surface area contributed by atoms with E-state index in [1.807, 2.05) is 24.3 Å². The number of carbonyl (C=O) groups excluding carboxylic acids is 2. The van der Waals surface area contributed by atoms with E-state index in [1.54, 1.807) is 30.2 Å².